The average Bonchev–Trinajstić information content (AvgIpc) is 3.71. The molecule has 0 aliphatic carbocycles. The Morgan fingerprint density at radius 3 is 2.49 bits per heavy atom. The largest absolute Gasteiger partial charge is 0.461 e. The molecule has 4 saturated heterocycles. The van der Waals surface area contributed by atoms with Gasteiger partial charge in [-0.25, -0.2) is 14.0 Å². The van der Waals surface area contributed by atoms with Crippen LogP contribution in [0.1, 0.15) is 76.1 Å². The molecule has 2 amide bonds. The van der Waals surface area contributed by atoms with Crippen LogP contribution in [0.2, 0.25) is 0 Å². The Labute approximate surface area is 276 Å². The monoisotopic (exact) mass is 650 g/mol. The molecule has 0 saturated carbocycles. The van der Waals surface area contributed by atoms with Crippen LogP contribution in [0.4, 0.5) is 19.8 Å². The Morgan fingerprint density at radius 2 is 1.77 bits per heavy atom. The highest BCUT2D eigenvalue weighted by atomic mass is 19.1. The Bertz CT molecular complexity index is 1460. The summed E-state index contributed by atoms with van der Waals surface area (Å²) in [5, 5.41) is 0. The second kappa shape index (κ2) is 12.7. The smallest absolute Gasteiger partial charge is 0.410 e. The molecular weight excluding hydrogens is 603 g/mol. The van der Waals surface area contributed by atoms with E-state index in [0.29, 0.717) is 39.2 Å². The summed E-state index contributed by atoms with van der Waals surface area (Å²) in [6.45, 7) is 8.90. The van der Waals surface area contributed by atoms with E-state index in [-0.39, 0.29) is 55.1 Å². The number of hydrogen-bond donors (Lipinski definition) is 0. The molecule has 11 nitrogen and oxygen atoms in total. The molecule has 2 aromatic rings. The fourth-order valence-electron chi connectivity index (χ4n) is 8.35. The lowest BCUT2D eigenvalue weighted by atomic mass is 9.95. The molecule has 254 valence electrons. The summed E-state index contributed by atoms with van der Waals surface area (Å²) in [6.07, 6.45) is 5.50. The maximum absolute atomic E-state index is 13.8. The third-order valence-corrected chi connectivity index (χ3v) is 10.6. The molecular formula is C35H47FN6O5. The van der Waals surface area contributed by atoms with Crippen LogP contribution in [0.15, 0.2) is 30.3 Å². The van der Waals surface area contributed by atoms with Crippen LogP contribution in [0.3, 0.4) is 0 Å². The third-order valence-electron chi connectivity index (χ3n) is 10.6. The van der Waals surface area contributed by atoms with Gasteiger partial charge in [-0.1, -0.05) is 30.3 Å². The molecule has 4 unspecified atom stereocenters. The van der Waals surface area contributed by atoms with E-state index >= 15 is 0 Å². The number of ether oxygens (including phenoxy) is 3. The predicted molar refractivity (Wildman–Crippen MR) is 173 cm³/mol. The van der Waals surface area contributed by atoms with Gasteiger partial charge in [-0.2, -0.15) is 9.97 Å². The fourth-order valence-corrected chi connectivity index (χ4v) is 8.35. The zero-order chi connectivity index (χ0) is 32.8. The molecule has 0 N–H and O–H groups in total. The lowest BCUT2D eigenvalue weighted by Gasteiger charge is -2.42. The minimum absolute atomic E-state index is 0.0219. The summed E-state index contributed by atoms with van der Waals surface area (Å²) in [4.78, 5) is 44.4. The van der Waals surface area contributed by atoms with Gasteiger partial charge in [-0.05, 0) is 77.8 Å². The minimum atomic E-state index is -0.558. The van der Waals surface area contributed by atoms with E-state index < -0.39 is 5.60 Å². The summed E-state index contributed by atoms with van der Waals surface area (Å²) in [7, 11) is 0. The molecule has 12 heteroatoms. The number of fused-ring (bicyclic) bond motifs is 4. The quantitative estimate of drug-likeness (QED) is 0.405. The number of rotatable bonds is 7. The summed E-state index contributed by atoms with van der Waals surface area (Å²) < 4.78 is 31.7. The summed E-state index contributed by atoms with van der Waals surface area (Å²) in [5.74, 6) is 0.817. The molecule has 47 heavy (non-hydrogen) atoms. The molecule has 2 bridgehead atoms. The van der Waals surface area contributed by atoms with Crippen LogP contribution in [-0.4, -0.2) is 106 Å². The van der Waals surface area contributed by atoms with Crippen molar-refractivity contribution in [3.05, 3.63) is 47.2 Å². The topological polar surface area (TPSA) is 101 Å². The Morgan fingerprint density at radius 1 is 1.00 bits per heavy atom. The number of piperazine rings is 1. The van der Waals surface area contributed by atoms with Gasteiger partial charge in [0.2, 0.25) is 0 Å². The van der Waals surface area contributed by atoms with Gasteiger partial charge >= 0.3 is 18.2 Å². The first kappa shape index (κ1) is 31.9. The normalized spacial score (nSPS) is 27.1. The van der Waals surface area contributed by atoms with Gasteiger partial charge in [0.15, 0.2) is 0 Å². The van der Waals surface area contributed by atoms with Crippen LogP contribution < -0.4 is 9.64 Å². The minimum Gasteiger partial charge on any atom is -0.461 e. The summed E-state index contributed by atoms with van der Waals surface area (Å²) in [6, 6.07) is 9.93. The molecule has 1 aromatic heterocycles. The Balaban J connectivity index is 1.12. The van der Waals surface area contributed by atoms with Gasteiger partial charge in [-0.3, -0.25) is 9.80 Å². The highest BCUT2D eigenvalue weighted by Gasteiger charge is 2.50. The van der Waals surface area contributed by atoms with Crippen molar-refractivity contribution in [2.75, 3.05) is 44.4 Å². The first-order valence-electron chi connectivity index (χ1n) is 17.2. The summed E-state index contributed by atoms with van der Waals surface area (Å²) >= 11 is 0. The Hall–Kier alpha value is -3.67. The number of anilines is 1. The molecule has 1 aromatic carbocycles. The first-order chi connectivity index (χ1) is 22.6. The molecule has 6 heterocycles. The van der Waals surface area contributed by atoms with Crippen LogP contribution in [0.25, 0.3) is 0 Å². The average molecular weight is 651 g/mol. The molecule has 4 atom stereocenters. The lowest BCUT2D eigenvalue weighted by Crippen LogP contribution is -2.57. The molecule has 7 rings (SSSR count). The Kier molecular flexibility index (Phi) is 8.65. The summed E-state index contributed by atoms with van der Waals surface area (Å²) in [5.41, 5.74) is 1.94. The highest BCUT2D eigenvalue weighted by molar-refractivity contribution is 5.71. The lowest BCUT2D eigenvalue weighted by molar-refractivity contribution is 0.0122. The van der Waals surface area contributed by atoms with Crippen molar-refractivity contribution in [2.24, 2.45) is 0 Å². The number of carbonyl (C=O) groups is 2. The van der Waals surface area contributed by atoms with Crippen molar-refractivity contribution in [1.29, 1.82) is 0 Å². The maximum atomic E-state index is 13.8. The zero-order valence-corrected chi connectivity index (χ0v) is 27.8. The number of halogens is 1. The van der Waals surface area contributed by atoms with Crippen molar-refractivity contribution in [3.8, 4) is 6.01 Å². The second-order valence-corrected chi connectivity index (χ2v) is 14.8. The SMILES string of the molecule is CC(C)(C)OC(=O)N1C2CCC1CN(c1nc(OCC34CCCN3C(CF)CC4)nc3c1CCN(C(=O)OCc1ccccc1)C3)C2. The van der Waals surface area contributed by atoms with E-state index in [1.54, 1.807) is 4.90 Å². The number of alkyl halides is 1. The van der Waals surface area contributed by atoms with E-state index in [1.165, 1.54) is 0 Å². The van der Waals surface area contributed by atoms with Crippen molar-refractivity contribution in [3.63, 3.8) is 0 Å². The molecule has 5 aliphatic rings. The molecule has 4 fully saturated rings. The van der Waals surface area contributed by atoms with Gasteiger partial charge < -0.3 is 24.0 Å². The maximum Gasteiger partial charge on any atom is 0.410 e. The van der Waals surface area contributed by atoms with E-state index in [4.69, 9.17) is 24.2 Å². The second-order valence-electron chi connectivity index (χ2n) is 14.8. The number of carbonyl (C=O) groups excluding carboxylic acids is 2. The molecule has 5 aliphatic heterocycles. The standard InChI is InChI=1S/C35H47FN6O5/c1-34(2,3)47-33(44)42-26-10-11-27(42)20-40(19-26)30-28-13-17-39(32(43)45-22-24-8-5-4-6-9-24)21-29(28)37-31(38-30)46-23-35-14-7-16-41(35)25(18-36)12-15-35/h4-6,8-9,25-27H,7,10-23H2,1-3H3. The highest BCUT2D eigenvalue weighted by Crippen LogP contribution is 2.43. The van der Waals surface area contributed by atoms with Crippen molar-refractivity contribution >= 4 is 18.0 Å². The van der Waals surface area contributed by atoms with Crippen molar-refractivity contribution < 1.29 is 28.2 Å². The van der Waals surface area contributed by atoms with E-state index in [1.807, 2.05) is 56.0 Å². The van der Waals surface area contributed by atoms with Gasteiger partial charge in [0.25, 0.3) is 0 Å². The van der Waals surface area contributed by atoms with Crippen LogP contribution in [0.5, 0.6) is 6.01 Å². The van der Waals surface area contributed by atoms with Gasteiger partial charge in [0.05, 0.1) is 29.9 Å². The van der Waals surface area contributed by atoms with Crippen LogP contribution >= 0.6 is 0 Å². The van der Waals surface area contributed by atoms with Crippen molar-refractivity contribution in [2.45, 2.75) is 108 Å². The van der Waals surface area contributed by atoms with E-state index in [2.05, 4.69) is 9.80 Å². The number of benzene rings is 1. The number of amides is 2. The van der Waals surface area contributed by atoms with Crippen LogP contribution in [-0.2, 0) is 29.0 Å². The first-order valence-corrected chi connectivity index (χ1v) is 17.2. The van der Waals surface area contributed by atoms with E-state index in [0.717, 1.165) is 67.7 Å². The number of aromatic nitrogens is 2. The third kappa shape index (κ3) is 6.45. The molecule has 0 spiro atoms. The van der Waals surface area contributed by atoms with Gasteiger partial charge in [-0.15, -0.1) is 0 Å². The number of hydrogen-bond acceptors (Lipinski definition) is 9. The van der Waals surface area contributed by atoms with Gasteiger partial charge in [0.1, 0.15) is 31.3 Å². The zero-order valence-electron chi connectivity index (χ0n) is 27.8. The predicted octanol–water partition coefficient (Wildman–Crippen LogP) is 5.10. The fraction of sp³-hybridized carbons (Fsp3) is 0.657. The molecule has 0 radical (unpaired) electrons. The van der Waals surface area contributed by atoms with Crippen LogP contribution in [0, 0.1) is 0 Å². The number of nitrogens with zero attached hydrogens (tertiary/aromatic N) is 6. The van der Waals surface area contributed by atoms with E-state index in [9.17, 15) is 14.0 Å². The van der Waals surface area contributed by atoms with Gasteiger partial charge in [0, 0.05) is 31.2 Å². The van der Waals surface area contributed by atoms with Crippen molar-refractivity contribution in [1.82, 2.24) is 24.7 Å².